The van der Waals surface area contributed by atoms with E-state index in [0.717, 1.165) is 11.8 Å². The average Bonchev–Trinajstić information content (AvgIpc) is 3.09. The maximum Gasteiger partial charge on any atom is 0.311 e. The van der Waals surface area contributed by atoms with Crippen LogP contribution in [0.5, 0.6) is 0 Å². The molecular weight excluding hydrogens is 430 g/mol. The highest BCUT2D eigenvalue weighted by Crippen LogP contribution is 2.30. The van der Waals surface area contributed by atoms with Gasteiger partial charge in [0.1, 0.15) is 10.7 Å². The summed E-state index contributed by atoms with van der Waals surface area (Å²) in [7, 11) is -3.71. The normalized spacial score (nSPS) is 19.4. The quantitative estimate of drug-likeness (QED) is 0.600. The van der Waals surface area contributed by atoms with Gasteiger partial charge < -0.3 is 15.4 Å². The number of piperidine rings is 1. The number of esters is 1. The van der Waals surface area contributed by atoms with Gasteiger partial charge in [0.2, 0.25) is 0 Å². The Kier molecular flexibility index (Phi) is 5.01. The van der Waals surface area contributed by atoms with Crippen LogP contribution < -0.4 is 5.73 Å². The number of ether oxygens (including phenoxy) is 1. The monoisotopic (exact) mass is 451 g/mol. The predicted molar refractivity (Wildman–Crippen MR) is 118 cm³/mol. The standard InChI is InChI=1S/C22H21N5O4S/c23-20-15-7-1-3-9-17(15)24-19(25-20)13-31-22(28)14-6-5-11-27(12-14)21-16-8-2-4-10-18(16)32(29,30)26-21/h1-4,7-10,14H,5-6,11-13H2,(H2,23,24,25)/t14-/m1/s1. The number of aromatic nitrogens is 2. The van der Waals surface area contributed by atoms with Gasteiger partial charge in [0.15, 0.2) is 18.3 Å². The maximum absolute atomic E-state index is 12.8. The predicted octanol–water partition coefficient (Wildman–Crippen LogP) is 2.12. The first-order valence-electron chi connectivity index (χ1n) is 10.3. The van der Waals surface area contributed by atoms with E-state index in [9.17, 15) is 13.2 Å². The molecule has 0 radical (unpaired) electrons. The molecule has 0 spiro atoms. The molecule has 2 aliphatic rings. The number of anilines is 1. The first-order chi connectivity index (χ1) is 15.4. The highest BCUT2D eigenvalue weighted by Gasteiger charge is 2.35. The molecule has 3 aromatic rings. The number of likely N-dealkylation sites (tertiary alicyclic amines) is 1. The molecule has 10 heteroatoms. The van der Waals surface area contributed by atoms with Crippen molar-refractivity contribution in [3.05, 3.63) is 59.9 Å². The minimum absolute atomic E-state index is 0.0808. The lowest BCUT2D eigenvalue weighted by molar-refractivity contribution is -0.151. The molecule has 9 nitrogen and oxygen atoms in total. The molecule has 2 N–H and O–H groups in total. The van der Waals surface area contributed by atoms with E-state index in [1.54, 1.807) is 24.3 Å². The van der Waals surface area contributed by atoms with Crippen LogP contribution in [-0.4, -0.2) is 48.2 Å². The third-order valence-corrected chi connectivity index (χ3v) is 7.01. The number of hydrogen-bond acceptors (Lipinski definition) is 8. The Morgan fingerprint density at radius 3 is 2.78 bits per heavy atom. The minimum atomic E-state index is -3.71. The van der Waals surface area contributed by atoms with Crippen molar-refractivity contribution in [3.8, 4) is 0 Å². The zero-order valence-corrected chi connectivity index (χ0v) is 18.0. The second kappa shape index (κ2) is 7.86. The first kappa shape index (κ1) is 20.4. The number of rotatable bonds is 3. The first-order valence-corrected chi connectivity index (χ1v) is 11.7. The number of carbonyl (C=O) groups is 1. The fourth-order valence-corrected chi connectivity index (χ4v) is 5.38. The van der Waals surface area contributed by atoms with Crippen molar-refractivity contribution in [1.82, 2.24) is 14.9 Å². The van der Waals surface area contributed by atoms with Crippen LogP contribution in [0.15, 0.2) is 57.8 Å². The van der Waals surface area contributed by atoms with Crippen LogP contribution in [0, 0.1) is 5.92 Å². The number of para-hydroxylation sites is 1. The van der Waals surface area contributed by atoms with E-state index in [4.69, 9.17) is 10.5 Å². The van der Waals surface area contributed by atoms with Crippen molar-refractivity contribution in [2.45, 2.75) is 24.3 Å². The molecule has 0 unspecified atom stereocenters. The van der Waals surface area contributed by atoms with Crippen LogP contribution in [0.25, 0.3) is 10.9 Å². The van der Waals surface area contributed by atoms with Gasteiger partial charge in [-0.2, -0.15) is 8.42 Å². The third-order valence-electron chi connectivity index (χ3n) is 5.69. The lowest BCUT2D eigenvalue weighted by Crippen LogP contribution is -2.42. The Bertz CT molecular complexity index is 1360. The molecule has 0 aliphatic carbocycles. The molecule has 2 aromatic carbocycles. The van der Waals surface area contributed by atoms with E-state index in [-0.39, 0.29) is 17.5 Å². The molecule has 0 bridgehead atoms. The number of nitrogens with zero attached hydrogens (tertiary/aromatic N) is 4. The summed E-state index contributed by atoms with van der Waals surface area (Å²) in [5.74, 6) is 0.287. The number of nitrogen functional groups attached to an aromatic ring is 1. The summed E-state index contributed by atoms with van der Waals surface area (Å²) in [6.45, 7) is 0.877. The largest absolute Gasteiger partial charge is 0.457 e. The van der Waals surface area contributed by atoms with E-state index < -0.39 is 15.9 Å². The number of benzene rings is 2. The van der Waals surface area contributed by atoms with Crippen molar-refractivity contribution in [1.29, 1.82) is 0 Å². The molecule has 1 saturated heterocycles. The summed E-state index contributed by atoms with van der Waals surface area (Å²) in [6.07, 6.45) is 1.37. The summed E-state index contributed by atoms with van der Waals surface area (Å²) >= 11 is 0. The zero-order valence-electron chi connectivity index (χ0n) is 17.1. The summed E-state index contributed by atoms with van der Waals surface area (Å²) < 4.78 is 34.2. The average molecular weight is 452 g/mol. The molecule has 0 amide bonds. The molecule has 3 heterocycles. The highest BCUT2D eigenvalue weighted by atomic mass is 32.2. The van der Waals surface area contributed by atoms with Gasteiger partial charge in [0.05, 0.1) is 11.4 Å². The second-order valence-corrected chi connectivity index (χ2v) is 9.39. The van der Waals surface area contributed by atoms with Crippen molar-refractivity contribution in [3.63, 3.8) is 0 Å². The number of fused-ring (bicyclic) bond motifs is 2. The van der Waals surface area contributed by atoms with Crippen molar-refractivity contribution in [2.24, 2.45) is 10.3 Å². The molecule has 5 rings (SSSR count). The van der Waals surface area contributed by atoms with E-state index in [1.807, 2.05) is 29.2 Å². The SMILES string of the molecule is Nc1nc(COC(=O)[C@@H]2CCCN(C3=NS(=O)(=O)c4ccccc43)C2)nc2ccccc12. The Hall–Kier alpha value is -3.53. The fraction of sp³-hybridized carbons (Fsp3) is 0.273. The summed E-state index contributed by atoms with van der Waals surface area (Å²) in [5, 5.41) is 0.748. The van der Waals surface area contributed by atoms with Gasteiger partial charge in [-0.25, -0.2) is 9.97 Å². The molecule has 0 saturated carbocycles. The second-order valence-electron chi connectivity index (χ2n) is 7.82. The Balaban J connectivity index is 1.29. The molecular formula is C22H21N5O4S. The molecule has 1 aromatic heterocycles. The lowest BCUT2D eigenvalue weighted by Gasteiger charge is -2.32. The Morgan fingerprint density at radius 1 is 1.12 bits per heavy atom. The molecule has 32 heavy (non-hydrogen) atoms. The summed E-state index contributed by atoms with van der Waals surface area (Å²) in [6, 6.07) is 14.1. The van der Waals surface area contributed by atoms with Gasteiger partial charge in [0.25, 0.3) is 10.0 Å². The summed E-state index contributed by atoms with van der Waals surface area (Å²) in [5.41, 5.74) is 7.25. The van der Waals surface area contributed by atoms with Crippen LogP contribution in [0.4, 0.5) is 5.82 Å². The number of hydrogen-bond donors (Lipinski definition) is 1. The van der Waals surface area contributed by atoms with E-state index in [1.165, 1.54) is 0 Å². The molecule has 2 aliphatic heterocycles. The number of carbonyl (C=O) groups excluding carboxylic acids is 1. The number of amidine groups is 1. The van der Waals surface area contributed by atoms with Crippen LogP contribution >= 0.6 is 0 Å². The van der Waals surface area contributed by atoms with Crippen LogP contribution in [-0.2, 0) is 26.2 Å². The highest BCUT2D eigenvalue weighted by molar-refractivity contribution is 7.90. The van der Waals surface area contributed by atoms with Gasteiger partial charge in [-0.05, 0) is 37.1 Å². The van der Waals surface area contributed by atoms with E-state index in [0.29, 0.717) is 48.1 Å². The van der Waals surface area contributed by atoms with Gasteiger partial charge in [-0.3, -0.25) is 4.79 Å². The van der Waals surface area contributed by atoms with E-state index in [2.05, 4.69) is 14.4 Å². The van der Waals surface area contributed by atoms with Crippen molar-refractivity contribution >= 4 is 38.5 Å². The van der Waals surface area contributed by atoms with Crippen LogP contribution in [0.3, 0.4) is 0 Å². The van der Waals surface area contributed by atoms with Gasteiger partial charge in [-0.15, -0.1) is 4.40 Å². The minimum Gasteiger partial charge on any atom is -0.457 e. The fourth-order valence-electron chi connectivity index (χ4n) is 4.15. The van der Waals surface area contributed by atoms with Gasteiger partial charge >= 0.3 is 5.97 Å². The number of nitrogens with two attached hydrogens (primary N) is 1. The Morgan fingerprint density at radius 2 is 1.91 bits per heavy atom. The van der Waals surface area contributed by atoms with Crippen LogP contribution in [0.1, 0.15) is 24.2 Å². The van der Waals surface area contributed by atoms with Crippen LogP contribution in [0.2, 0.25) is 0 Å². The van der Waals surface area contributed by atoms with Gasteiger partial charge in [0, 0.05) is 24.0 Å². The van der Waals surface area contributed by atoms with Crippen molar-refractivity contribution in [2.75, 3.05) is 18.8 Å². The smallest absolute Gasteiger partial charge is 0.311 e. The van der Waals surface area contributed by atoms with E-state index >= 15 is 0 Å². The third kappa shape index (κ3) is 3.66. The zero-order chi connectivity index (χ0) is 22.3. The number of sulfonamides is 1. The summed E-state index contributed by atoms with van der Waals surface area (Å²) in [4.78, 5) is 23.4. The maximum atomic E-state index is 12.8. The molecule has 164 valence electrons. The molecule has 1 fully saturated rings. The topological polar surface area (TPSA) is 128 Å². The van der Waals surface area contributed by atoms with Gasteiger partial charge in [-0.1, -0.05) is 24.3 Å². The Labute approximate surface area is 185 Å². The van der Waals surface area contributed by atoms with Crippen molar-refractivity contribution < 1.29 is 17.9 Å². The molecule has 1 atom stereocenters. The lowest BCUT2D eigenvalue weighted by atomic mass is 9.97.